The number of hydrogen-bond acceptors (Lipinski definition) is 6. The molecular formula is C25H29ClN4O3S. The number of benzene rings is 2. The van der Waals surface area contributed by atoms with Gasteiger partial charge in [-0.2, -0.15) is 0 Å². The van der Waals surface area contributed by atoms with Crippen molar-refractivity contribution < 1.29 is 13.2 Å². The van der Waals surface area contributed by atoms with Crippen molar-refractivity contribution in [1.82, 2.24) is 14.7 Å². The molecule has 1 saturated heterocycles. The molecule has 7 nitrogen and oxygen atoms in total. The minimum atomic E-state index is -3.53. The van der Waals surface area contributed by atoms with E-state index >= 15 is 0 Å². The summed E-state index contributed by atoms with van der Waals surface area (Å²) >= 11 is 6.26. The molecule has 3 aromatic rings. The van der Waals surface area contributed by atoms with Crippen molar-refractivity contribution in [3.8, 4) is 11.3 Å². The molecule has 2 aromatic carbocycles. The summed E-state index contributed by atoms with van der Waals surface area (Å²) in [6.07, 6.45) is 3.76. The Bertz CT molecular complexity index is 1240. The number of ether oxygens (including phenoxy) is 1. The van der Waals surface area contributed by atoms with Crippen molar-refractivity contribution in [3.05, 3.63) is 70.4 Å². The highest BCUT2D eigenvalue weighted by Gasteiger charge is 2.22. The van der Waals surface area contributed by atoms with Crippen LogP contribution in [0.3, 0.4) is 0 Å². The Labute approximate surface area is 205 Å². The lowest BCUT2D eigenvalue weighted by atomic mass is 10.0. The smallest absolute Gasteiger partial charge is 0.240 e. The van der Waals surface area contributed by atoms with Crippen LogP contribution in [-0.2, 0) is 27.6 Å². The zero-order valence-electron chi connectivity index (χ0n) is 19.1. The van der Waals surface area contributed by atoms with Crippen LogP contribution in [0.25, 0.3) is 11.3 Å². The van der Waals surface area contributed by atoms with Crippen molar-refractivity contribution in [2.24, 2.45) is 0 Å². The first kappa shape index (κ1) is 24.6. The average Bonchev–Trinajstić information content (AvgIpc) is 2.81. The van der Waals surface area contributed by atoms with E-state index in [1.54, 1.807) is 12.1 Å². The third-order valence-corrected chi connectivity index (χ3v) is 7.96. The van der Waals surface area contributed by atoms with Crippen LogP contribution in [0.5, 0.6) is 0 Å². The number of aromatic nitrogens is 2. The van der Waals surface area contributed by atoms with Gasteiger partial charge in [-0.25, -0.2) is 23.1 Å². The lowest BCUT2D eigenvalue weighted by molar-refractivity contribution is 0.0832. The molecule has 4 rings (SSSR count). The van der Waals surface area contributed by atoms with E-state index in [9.17, 15) is 8.42 Å². The number of nitrogens with one attached hydrogen (secondary N) is 1. The fraction of sp³-hybridized carbons (Fsp3) is 0.360. The van der Waals surface area contributed by atoms with Gasteiger partial charge in [-0.1, -0.05) is 35.9 Å². The van der Waals surface area contributed by atoms with Gasteiger partial charge in [0, 0.05) is 35.5 Å². The van der Waals surface area contributed by atoms with Crippen LogP contribution < -0.4 is 10.5 Å². The van der Waals surface area contributed by atoms with E-state index in [2.05, 4.69) is 14.7 Å². The number of aryl methyl sites for hydroxylation is 2. The van der Waals surface area contributed by atoms with E-state index in [1.165, 1.54) is 0 Å². The van der Waals surface area contributed by atoms with Gasteiger partial charge in [0.25, 0.3) is 0 Å². The Morgan fingerprint density at radius 2 is 1.82 bits per heavy atom. The number of anilines is 1. The van der Waals surface area contributed by atoms with Gasteiger partial charge in [-0.3, -0.25) is 0 Å². The van der Waals surface area contributed by atoms with Gasteiger partial charge >= 0.3 is 0 Å². The van der Waals surface area contributed by atoms with Gasteiger partial charge < -0.3 is 10.5 Å². The second-order valence-corrected chi connectivity index (χ2v) is 10.6. The topological polar surface area (TPSA) is 107 Å². The Kier molecular flexibility index (Phi) is 7.83. The van der Waals surface area contributed by atoms with Crippen LogP contribution in [0, 0.1) is 6.92 Å². The first-order chi connectivity index (χ1) is 16.3. The van der Waals surface area contributed by atoms with Crippen LogP contribution in [0.4, 0.5) is 5.95 Å². The fourth-order valence-electron chi connectivity index (χ4n) is 4.08. The normalized spacial score (nSPS) is 14.9. The molecule has 1 fully saturated rings. The van der Waals surface area contributed by atoms with Gasteiger partial charge in [-0.15, -0.1) is 0 Å². The molecule has 34 heavy (non-hydrogen) atoms. The number of rotatable bonds is 8. The largest absolute Gasteiger partial charge is 0.381 e. The predicted octanol–water partition coefficient (Wildman–Crippen LogP) is 4.32. The van der Waals surface area contributed by atoms with Gasteiger partial charge in [0.15, 0.2) is 0 Å². The summed E-state index contributed by atoms with van der Waals surface area (Å²) in [6.45, 7) is 3.13. The summed E-state index contributed by atoms with van der Waals surface area (Å²) in [4.78, 5) is 9.05. The van der Waals surface area contributed by atoms with E-state index in [0.29, 0.717) is 31.1 Å². The maximum absolute atomic E-state index is 12.7. The summed E-state index contributed by atoms with van der Waals surface area (Å²) in [5.74, 6) is 0.235. The number of hydrogen-bond donors (Lipinski definition) is 2. The quantitative estimate of drug-likeness (QED) is 0.477. The van der Waals surface area contributed by atoms with E-state index < -0.39 is 10.0 Å². The maximum Gasteiger partial charge on any atom is 0.240 e. The second kappa shape index (κ2) is 10.8. The molecule has 9 heteroatoms. The number of nitrogens with zero attached hydrogens (tertiary/aromatic N) is 2. The Balaban J connectivity index is 1.37. The Hall–Kier alpha value is -2.52. The van der Waals surface area contributed by atoms with Crippen LogP contribution in [0.15, 0.2) is 53.4 Å². The Morgan fingerprint density at radius 3 is 2.56 bits per heavy atom. The van der Waals surface area contributed by atoms with E-state index in [1.807, 2.05) is 43.3 Å². The molecule has 1 aliphatic heterocycles. The molecule has 0 unspecified atom stereocenters. The zero-order valence-corrected chi connectivity index (χ0v) is 20.7. The minimum Gasteiger partial charge on any atom is -0.381 e. The fourth-order valence-corrected chi connectivity index (χ4v) is 5.56. The highest BCUT2D eigenvalue weighted by atomic mass is 35.5. The van der Waals surface area contributed by atoms with Gasteiger partial charge in [0.2, 0.25) is 16.0 Å². The summed E-state index contributed by atoms with van der Waals surface area (Å²) in [5.41, 5.74) is 10.5. The highest BCUT2D eigenvalue weighted by Crippen LogP contribution is 2.28. The number of sulfonamides is 1. The van der Waals surface area contributed by atoms with Crippen molar-refractivity contribution in [1.29, 1.82) is 0 Å². The SMILES string of the molecule is Cc1c(Cl)cccc1-c1cc(CCCc2ccc(S(=O)(=O)NC3CCOCC3)cc2)nc(N)n1. The monoisotopic (exact) mass is 500 g/mol. The lowest BCUT2D eigenvalue weighted by Gasteiger charge is -2.23. The number of nitrogen functional groups attached to an aromatic ring is 1. The third kappa shape index (κ3) is 6.13. The lowest BCUT2D eigenvalue weighted by Crippen LogP contribution is -2.38. The van der Waals surface area contributed by atoms with Crippen LogP contribution in [0.1, 0.15) is 36.1 Å². The van der Waals surface area contributed by atoms with Crippen molar-refractivity contribution in [2.75, 3.05) is 18.9 Å². The van der Waals surface area contributed by atoms with E-state index in [4.69, 9.17) is 22.1 Å². The van der Waals surface area contributed by atoms with Crippen molar-refractivity contribution in [3.63, 3.8) is 0 Å². The van der Waals surface area contributed by atoms with E-state index in [-0.39, 0.29) is 16.9 Å². The van der Waals surface area contributed by atoms with Gasteiger partial charge in [0.1, 0.15) is 0 Å². The molecule has 0 radical (unpaired) electrons. The van der Waals surface area contributed by atoms with Crippen molar-refractivity contribution in [2.45, 2.75) is 50.0 Å². The molecule has 2 heterocycles. The molecule has 0 atom stereocenters. The third-order valence-electron chi connectivity index (χ3n) is 6.02. The second-order valence-electron chi connectivity index (χ2n) is 8.52. The first-order valence-electron chi connectivity index (χ1n) is 11.4. The standard InChI is InChI=1S/C25H29ClN4O3S/c1-17-22(6-3-7-23(17)26)24-16-20(28-25(27)29-24)5-2-4-18-8-10-21(11-9-18)34(31,32)30-19-12-14-33-15-13-19/h3,6-11,16,19,30H,2,4-5,12-15H2,1H3,(H2,27,28,29). The van der Waals surface area contributed by atoms with Crippen LogP contribution >= 0.6 is 11.6 Å². The van der Waals surface area contributed by atoms with Crippen LogP contribution in [0.2, 0.25) is 5.02 Å². The summed E-state index contributed by atoms with van der Waals surface area (Å²) in [6, 6.07) is 14.7. The zero-order chi connectivity index (χ0) is 24.1. The van der Waals surface area contributed by atoms with Crippen LogP contribution in [-0.4, -0.2) is 37.6 Å². The van der Waals surface area contributed by atoms with E-state index in [0.717, 1.165) is 47.3 Å². The Morgan fingerprint density at radius 1 is 1.09 bits per heavy atom. The molecular weight excluding hydrogens is 472 g/mol. The van der Waals surface area contributed by atoms with Gasteiger partial charge in [-0.05, 0) is 74.4 Å². The summed E-state index contributed by atoms with van der Waals surface area (Å²) in [7, 11) is -3.53. The molecule has 1 aliphatic rings. The summed E-state index contributed by atoms with van der Waals surface area (Å²) in [5, 5.41) is 0.685. The predicted molar refractivity (Wildman–Crippen MR) is 134 cm³/mol. The van der Waals surface area contributed by atoms with Gasteiger partial charge in [0.05, 0.1) is 10.6 Å². The minimum absolute atomic E-state index is 0.0701. The maximum atomic E-state index is 12.7. The molecule has 180 valence electrons. The highest BCUT2D eigenvalue weighted by molar-refractivity contribution is 7.89. The number of halogens is 1. The molecule has 0 amide bonds. The molecule has 3 N–H and O–H groups in total. The van der Waals surface area contributed by atoms with Crippen molar-refractivity contribution >= 4 is 27.6 Å². The molecule has 0 bridgehead atoms. The number of nitrogens with two attached hydrogens (primary N) is 1. The first-order valence-corrected chi connectivity index (χ1v) is 13.3. The average molecular weight is 501 g/mol. The summed E-state index contributed by atoms with van der Waals surface area (Å²) < 4.78 is 33.4. The molecule has 0 spiro atoms. The molecule has 0 aliphatic carbocycles. The molecule has 1 aromatic heterocycles. The molecule has 0 saturated carbocycles.